The van der Waals surface area contributed by atoms with Gasteiger partial charge in [0.25, 0.3) is 0 Å². The smallest absolute Gasteiger partial charge is 1.00 e. The SMILES string of the molecule is NCC(=O)O.OCl.[AlH3].[H-].[Na+].[Zr]. The first-order chi connectivity index (χ1) is 3.27. The molecule has 0 aliphatic carbocycles. The van der Waals surface area contributed by atoms with E-state index in [2.05, 4.69) is 17.6 Å². The van der Waals surface area contributed by atoms with Gasteiger partial charge in [0, 0.05) is 26.2 Å². The molecule has 0 fully saturated rings. The van der Waals surface area contributed by atoms with Crippen molar-refractivity contribution in [3.8, 4) is 0 Å². The van der Waals surface area contributed by atoms with Gasteiger partial charge in [0.05, 0.1) is 18.4 Å². The quantitative estimate of drug-likeness (QED) is 0.418. The van der Waals surface area contributed by atoms with Gasteiger partial charge in [0.2, 0.25) is 0 Å². The standard InChI is InChI=1S/C2H5NO2.Al.ClHO.Na.Zr.4H/c3-1-2(4)5;;1-2;;;;;;/h1,3H2,(H,4,5);;2H;;;;;;/q;;;+1;;;;;-1. The van der Waals surface area contributed by atoms with Crippen molar-refractivity contribution >= 4 is 35.2 Å². The van der Waals surface area contributed by atoms with E-state index in [0.717, 1.165) is 0 Å². The third-order valence-electron chi connectivity index (χ3n) is 0.175. The summed E-state index contributed by atoms with van der Waals surface area (Å²) in [5.41, 5.74) is 4.57. The van der Waals surface area contributed by atoms with Crippen molar-refractivity contribution < 1.29 is 71.7 Å². The van der Waals surface area contributed by atoms with Crippen LogP contribution in [0.15, 0.2) is 0 Å². The van der Waals surface area contributed by atoms with Crippen LogP contribution in [0.1, 0.15) is 1.43 Å². The monoisotopic (exact) mass is 271 g/mol. The molecule has 0 aliphatic heterocycles. The van der Waals surface area contributed by atoms with E-state index in [1.807, 2.05) is 0 Å². The number of carboxylic acids is 1. The predicted octanol–water partition coefficient (Wildman–Crippen LogP) is -4.91. The van der Waals surface area contributed by atoms with Crippen LogP contribution in [0, 0.1) is 0 Å². The number of carboxylic acid groups (broad SMARTS) is 1. The van der Waals surface area contributed by atoms with E-state index < -0.39 is 5.97 Å². The molecule has 0 aromatic rings. The average molecular weight is 273 g/mol. The summed E-state index contributed by atoms with van der Waals surface area (Å²) in [5.74, 6) is -0.968. The second-order valence-electron chi connectivity index (χ2n) is 0.598. The predicted molar refractivity (Wildman–Crippen MR) is 35.8 cm³/mol. The molecule has 0 spiro atoms. The minimum Gasteiger partial charge on any atom is -1.00 e. The molecule has 0 amide bonds. The van der Waals surface area contributed by atoms with Gasteiger partial charge in [-0.25, -0.2) is 0 Å². The Balaban J connectivity index is -0.00000000972. The summed E-state index contributed by atoms with van der Waals surface area (Å²) in [6.07, 6.45) is 0. The summed E-state index contributed by atoms with van der Waals surface area (Å²) in [5, 5.41) is 7.60. The van der Waals surface area contributed by atoms with Crippen LogP contribution in [0.2, 0.25) is 0 Å². The second kappa shape index (κ2) is 30.4. The van der Waals surface area contributed by atoms with Crippen LogP contribution in [0.5, 0.6) is 0 Å². The maximum atomic E-state index is 9.24. The summed E-state index contributed by atoms with van der Waals surface area (Å²) in [4.78, 5) is 9.24. The van der Waals surface area contributed by atoms with Crippen LogP contribution >= 0.6 is 11.9 Å². The maximum absolute atomic E-state index is 9.24. The molecular weight excluding hydrogens is 263 g/mol. The fraction of sp³-hybridized carbons (Fsp3) is 0.500. The Hall–Kier alpha value is 2.10. The summed E-state index contributed by atoms with van der Waals surface area (Å²) in [7, 11) is 0. The molecule has 0 bridgehead atoms. The number of hydrogen-bond acceptors (Lipinski definition) is 3. The molecule has 4 nitrogen and oxygen atoms in total. The molecular formula is C2H10AlClNNaO3Zr. The Kier molecular flexibility index (Phi) is 90.0. The van der Waals surface area contributed by atoms with Gasteiger partial charge in [-0.2, -0.15) is 0 Å². The van der Waals surface area contributed by atoms with Crippen LogP contribution in [-0.4, -0.2) is 39.6 Å². The Bertz CT molecular complexity index is 66.6. The van der Waals surface area contributed by atoms with Gasteiger partial charge in [0.1, 0.15) is 0 Å². The normalized spacial score (nSPS) is 4.30. The largest absolute Gasteiger partial charge is 1.00 e. The Morgan fingerprint density at radius 3 is 1.70 bits per heavy atom. The molecule has 0 unspecified atom stereocenters. The maximum Gasteiger partial charge on any atom is 1.00 e. The zero-order valence-electron chi connectivity index (χ0n) is 5.97. The van der Waals surface area contributed by atoms with Crippen molar-refractivity contribution in [2.24, 2.45) is 5.73 Å². The minimum absolute atomic E-state index is 0. The topological polar surface area (TPSA) is 83.6 Å². The Morgan fingerprint density at radius 2 is 1.70 bits per heavy atom. The first-order valence-electron chi connectivity index (χ1n) is 1.36. The number of carbonyl (C=O) groups is 1. The fourth-order valence-corrected chi connectivity index (χ4v) is 0. The first-order valence-corrected chi connectivity index (χ1v) is 1.70. The summed E-state index contributed by atoms with van der Waals surface area (Å²) in [6.45, 7) is -0.278. The zero-order valence-corrected chi connectivity index (χ0v) is 10.2. The van der Waals surface area contributed by atoms with Gasteiger partial charge < -0.3 is 12.3 Å². The number of aliphatic carboxylic acids is 1. The average Bonchev–Trinajstić information content (AvgIpc) is 1.73. The molecule has 4 N–H and O–H groups in total. The molecule has 10 heavy (non-hydrogen) atoms. The van der Waals surface area contributed by atoms with E-state index in [0.29, 0.717) is 0 Å². The van der Waals surface area contributed by atoms with E-state index in [4.69, 9.17) is 9.77 Å². The first kappa shape index (κ1) is 29.6. The molecule has 0 radical (unpaired) electrons. The fourth-order valence-electron chi connectivity index (χ4n) is 0. The Morgan fingerprint density at radius 1 is 1.60 bits per heavy atom. The molecule has 0 atom stereocenters. The van der Waals surface area contributed by atoms with Gasteiger partial charge in [-0.1, -0.05) is 0 Å². The van der Waals surface area contributed by atoms with Crippen molar-refractivity contribution in [3.63, 3.8) is 0 Å². The van der Waals surface area contributed by atoms with Crippen molar-refractivity contribution in [2.45, 2.75) is 0 Å². The van der Waals surface area contributed by atoms with Gasteiger partial charge in [-0.05, 0) is 0 Å². The van der Waals surface area contributed by atoms with Crippen molar-refractivity contribution in [2.75, 3.05) is 6.54 Å². The second-order valence-corrected chi connectivity index (χ2v) is 0.598. The molecule has 0 aromatic heterocycles. The Labute approximate surface area is 118 Å². The summed E-state index contributed by atoms with van der Waals surface area (Å²) < 4.78 is 6.47. The molecule has 0 aliphatic rings. The van der Waals surface area contributed by atoms with Gasteiger partial charge in [-0.15, -0.1) is 0 Å². The van der Waals surface area contributed by atoms with Crippen molar-refractivity contribution in [1.29, 1.82) is 0 Å². The number of rotatable bonds is 1. The summed E-state index contributed by atoms with van der Waals surface area (Å²) in [6, 6.07) is 0. The van der Waals surface area contributed by atoms with E-state index in [1.165, 1.54) is 0 Å². The van der Waals surface area contributed by atoms with E-state index in [9.17, 15) is 4.79 Å². The van der Waals surface area contributed by atoms with E-state index in [1.54, 1.807) is 0 Å². The van der Waals surface area contributed by atoms with Crippen molar-refractivity contribution in [1.82, 2.24) is 0 Å². The number of nitrogens with two attached hydrogens (primary N) is 1. The van der Waals surface area contributed by atoms with Crippen LogP contribution in [0.3, 0.4) is 0 Å². The minimum atomic E-state index is -0.968. The molecule has 0 aromatic carbocycles. The van der Waals surface area contributed by atoms with Crippen LogP contribution in [0.4, 0.5) is 0 Å². The van der Waals surface area contributed by atoms with Crippen LogP contribution in [0.25, 0.3) is 0 Å². The van der Waals surface area contributed by atoms with Gasteiger partial charge in [0.15, 0.2) is 17.4 Å². The van der Waals surface area contributed by atoms with Crippen molar-refractivity contribution in [3.05, 3.63) is 0 Å². The molecule has 56 valence electrons. The van der Waals surface area contributed by atoms with Gasteiger partial charge >= 0.3 is 35.5 Å². The van der Waals surface area contributed by atoms with Gasteiger partial charge in [-0.3, -0.25) is 9.45 Å². The zero-order chi connectivity index (χ0) is 6.28. The third-order valence-corrected chi connectivity index (χ3v) is 0.175. The van der Waals surface area contributed by atoms with E-state index >= 15 is 0 Å². The third kappa shape index (κ3) is 49.8. The van der Waals surface area contributed by atoms with Crippen LogP contribution < -0.4 is 35.3 Å². The molecule has 0 heterocycles. The summed E-state index contributed by atoms with van der Waals surface area (Å²) >= 11 is 3.64. The van der Waals surface area contributed by atoms with E-state index in [-0.39, 0.29) is 81.1 Å². The molecule has 8 heteroatoms. The van der Waals surface area contributed by atoms with Crippen LogP contribution in [-0.2, 0) is 31.0 Å². The molecule has 0 rings (SSSR count). The number of hydrogen-bond donors (Lipinski definition) is 3. The molecule has 0 saturated carbocycles. The number of halogens is 1. The molecule has 0 saturated heterocycles.